The number of ether oxygens (including phenoxy) is 1. The summed E-state index contributed by atoms with van der Waals surface area (Å²) in [6, 6.07) is 6.40. The molecule has 6 nitrogen and oxygen atoms in total. The van der Waals surface area contributed by atoms with Crippen LogP contribution < -0.4 is 11.1 Å². The summed E-state index contributed by atoms with van der Waals surface area (Å²) < 4.78 is 4.68. The smallest absolute Gasteiger partial charge is 0.339 e. The first-order valence-corrected chi connectivity index (χ1v) is 7.10. The quantitative estimate of drug-likeness (QED) is 0.844. The molecule has 0 radical (unpaired) electrons. The maximum Gasteiger partial charge on any atom is 0.339 e. The van der Waals surface area contributed by atoms with Gasteiger partial charge >= 0.3 is 5.97 Å². The molecule has 1 atom stereocenters. The molecule has 0 aliphatic rings. The van der Waals surface area contributed by atoms with Crippen LogP contribution in [0.3, 0.4) is 0 Å². The van der Waals surface area contributed by atoms with Gasteiger partial charge in [0.2, 0.25) is 0 Å². The number of hydrogen-bond donors (Lipinski definition) is 2. The van der Waals surface area contributed by atoms with Gasteiger partial charge in [-0.05, 0) is 19.1 Å². The summed E-state index contributed by atoms with van der Waals surface area (Å²) in [5.74, 6) is -0.907. The molecule has 21 heavy (non-hydrogen) atoms. The van der Waals surface area contributed by atoms with Gasteiger partial charge in [-0.25, -0.2) is 9.78 Å². The van der Waals surface area contributed by atoms with E-state index in [-0.39, 0.29) is 17.3 Å². The number of para-hydroxylation sites is 1. The van der Waals surface area contributed by atoms with Gasteiger partial charge in [0, 0.05) is 5.38 Å². The Bertz CT molecular complexity index is 667. The van der Waals surface area contributed by atoms with E-state index < -0.39 is 11.9 Å². The molecule has 0 saturated heterocycles. The average Bonchev–Trinajstić information content (AvgIpc) is 2.97. The number of anilines is 1. The number of hydrogen-bond acceptors (Lipinski definition) is 6. The van der Waals surface area contributed by atoms with Gasteiger partial charge in [-0.3, -0.25) is 4.79 Å². The molecule has 110 valence electrons. The third-order valence-corrected chi connectivity index (χ3v) is 3.77. The zero-order valence-electron chi connectivity index (χ0n) is 11.6. The number of thiazole rings is 1. The van der Waals surface area contributed by atoms with E-state index in [1.165, 1.54) is 18.4 Å². The number of aromatic nitrogens is 1. The molecule has 0 aliphatic heterocycles. The molecular formula is C14H15N3O3S. The van der Waals surface area contributed by atoms with Crippen molar-refractivity contribution in [1.82, 2.24) is 4.98 Å². The molecule has 7 heteroatoms. The van der Waals surface area contributed by atoms with Crippen molar-refractivity contribution >= 4 is 28.9 Å². The molecule has 0 bridgehead atoms. The highest BCUT2D eigenvalue weighted by atomic mass is 32.1. The van der Waals surface area contributed by atoms with E-state index in [2.05, 4.69) is 15.0 Å². The first-order valence-electron chi connectivity index (χ1n) is 6.22. The number of esters is 1. The molecule has 1 amide bonds. The van der Waals surface area contributed by atoms with Gasteiger partial charge < -0.3 is 15.8 Å². The highest BCUT2D eigenvalue weighted by Gasteiger charge is 2.16. The lowest BCUT2D eigenvalue weighted by Crippen LogP contribution is -2.16. The summed E-state index contributed by atoms with van der Waals surface area (Å²) in [7, 11) is 1.29. The lowest BCUT2D eigenvalue weighted by molar-refractivity contribution is 0.0602. The summed E-state index contributed by atoms with van der Waals surface area (Å²) in [6.07, 6.45) is 0. The number of carbonyl (C=O) groups is 2. The van der Waals surface area contributed by atoms with E-state index in [0.29, 0.717) is 10.7 Å². The second-order valence-corrected chi connectivity index (χ2v) is 5.24. The molecule has 2 rings (SSSR count). The van der Waals surface area contributed by atoms with Gasteiger partial charge in [-0.15, -0.1) is 11.3 Å². The monoisotopic (exact) mass is 305 g/mol. The number of rotatable bonds is 4. The maximum absolute atomic E-state index is 12.2. The third-order valence-electron chi connectivity index (χ3n) is 2.72. The van der Waals surface area contributed by atoms with Gasteiger partial charge in [0.05, 0.1) is 24.4 Å². The van der Waals surface area contributed by atoms with E-state index in [1.807, 2.05) is 0 Å². The van der Waals surface area contributed by atoms with Crippen LogP contribution >= 0.6 is 11.3 Å². The third kappa shape index (κ3) is 3.45. The Morgan fingerprint density at radius 3 is 2.71 bits per heavy atom. The Balaban J connectivity index is 2.21. The van der Waals surface area contributed by atoms with Crippen molar-refractivity contribution in [3.63, 3.8) is 0 Å². The minimum atomic E-state index is -0.513. The fourth-order valence-electron chi connectivity index (χ4n) is 1.67. The highest BCUT2D eigenvalue weighted by Crippen LogP contribution is 2.19. The van der Waals surface area contributed by atoms with Crippen molar-refractivity contribution < 1.29 is 14.3 Å². The Hall–Kier alpha value is -2.25. The molecule has 1 aromatic carbocycles. The number of nitrogens with two attached hydrogens (primary N) is 1. The van der Waals surface area contributed by atoms with Gasteiger partial charge in [-0.2, -0.15) is 0 Å². The largest absolute Gasteiger partial charge is 0.465 e. The van der Waals surface area contributed by atoms with Crippen LogP contribution in [0.1, 0.15) is 38.8 Å². The van der Waals surface area contributed by atoms with Crippen LogP contribution in [0.25, 0.3) is 0 Å². The van der Waals surface area contributed by atoms with Crippen molar-refractivity contribution in [3.8, 4) is 0 Å². The van der Waals surface area contributed by atoms with Crippen molar-refractivity contribution in [2.45, 2.75) is 13.0 Å². The SMILES string of the molecule is COC(=O)c1ccccc1NC(=O)c1csc(C(C)N)n1. The van der Waals surface area contributed by atoms with Crippen LogP contribution in [-0.4, -0.2) is 24.0 Å². The van der Waals surface area contributed by atoms with Gasteiger partial charge in [0.25, 0.3) is 5.91 Å². The van der Waals surface area contributed by atoms with E-state index >= 15 is 0 Å². The zero-order valence-corrected chi connectivity index (χ0v) is 12.4. The average molecular weight is 305 g/mol. The first kappa shape index (κ1) is 15.1. The number of nitrogens with one attached hydrogen (secondary N) is 1. The van der Waals surface area contributed by atoms with Crippen molar-refractivity contribution in [2.75, 3.05) is 12.4 Å². The Morgan fingerprint density at radius 1 is 1.38 bits per heavy atom. The molecule has 3 N–H and O–H groups in total. The van der Waals surface area contributed by atoms with Gasteiger partial charge in [0.1, 0.15) is 10.7 Å². The van der Waals surface area contributed by atoms with Crippen molar-refractivity contribution in [2.24, 2.45) is 5.73 Å². The van der Waals surface area contributed by atoms with E-state index in [9.17, 15) is 9.59 Å². The molecule has 1 aromatic heterocycles. The standard InChI is InChI=1S/C14H15N3O3S/c1-8(15)13-17-11(7-21-13)12(18)16-10-6-4-3-5-9(10)14(19)20-2/h3-8H,15H2,1-2H3,(H,16,18). The molecule has 0 fully saturated rings. The lowest BCUT2D eigenvalue weighted by atomic mass is 10.2. The second-order valence-electron chi connectivity index (χ2n) is 4.35. The van der Waals surface area contributed by atoms with E-state index in [1.54, 1.807) is 36.6 Å². The summed E-state index contributed by atoms with van der Waals surface area (Å²) in [5.41, 5.74) is 6.65. The molecular weight excluding hydrogens is 290 g/mol. The fourth-order valence-corrected chi connectivity index (χ4v) is 2.43. The zero-order chi connectivity index (χ0) is 15.4. The van der Waals surface area contributed by atoms with Crippen LogP contribution in [0.2, 0.25) is 0 Å². The van der Waals surface area contributed by atoms with Gasteiger partial charge in [-0.1, -0.05) is 12.1 Å². The Kier molecular flexibility index (Phi) is 4.66. The van der Waals surface area contributed by atoms with Crippen LogP contribution in [0.5, 0.6) is 0 Å². The number of nitrogens with zero attached hydrogens (tertiary/aromatic N) is 1. The van der Waals surface area contributed by atoms with Crippen molar-refractivity contribution in [3.05, 3.63) is 45.9 Å². The maximum atomic E-state index is 12.2. The normalized spacial score (nSPS) is 11.8. The fraction of sp³-hybridized carbons (Fsp3) is 0.214. The Morgan fingerprint density at radius 2 is 2.10 bits per heavy atom. The van der Waals surface area contributed by atoms with Crippen LogP contribution in [0.15, 0.2) is 29.6 Å². The number of benzene rings is 1. The molecule has 0 spiro atoms. The highest BCUT2D eigenvalue weighted by molar-refractivity contribution is 7.09. The summed E-state index contributed by atoms with van der Waals surface area (Å²) in [6.45, 7) is 1.80. The molecule has 0 saturated carbocycles. The van der Waals surface area contributed by atoms with Crippen LogP contribution in [0, 0.1) is 0 Å². The molecule has 0 aliphatic carbocycles. The van der Waals surface area contributed by atoms with E-state index in [0.717, 1.165) is 0 Å². The predicted molar refractivity (Wildman–Crippen MR) is 80.5 cm³/mol. The number of methoxy groups -OCH3 is 1. The summed E-state index contributed by atoms with van der Waals surface area (Å²) >= 11 is 1.32. The Labute approximate surface area is 125 Å². The minimum Gasteiger partial charge on any atom is -0.465 e. The number of carbonyl (C=O) groups excluding carboxylic acids is 2. The lowest BCUT2D eigenvalue weighted by Gasteiger charge is -2.08. The molecule has 1 heterocycles. The first-order chi connectivity index (χ1) is 10.0. The summed E-state index contributed by atoms with van der Waals surface area (Å²) in [4.78, 5) is 28.0. The summed E-state index contributed by atoms with van der Waals surface area (Å²) in [5, 5.41) is 4.97. The van der Waals surface area contributed by atoms with E-state index in [4.69, 9.17) is 5.73 Å². The van der Waals surface area contributed by atoms with Crippen LogP contribution in [-0.2, 0) is 4.74 Å². The minimum absolute atomic E-state index is 0.223. The topological polar surface area (TPSA) is 94.3 Å². The predicted octanol–water partition coefficient (Wildman–Crippen LogP) is 2.20. The molecule has 1 unspecified atom stereocenters. The van der Waals surface area contributed by atoms with Crippen LogP contribution in [0.4, 0.5) is 5.69 Å². The van der Waals surface area contributed by atoms with Crippen molar-refractivity contribution in [1.29, 1.82) is 0 Å². The van der Waals surface area contributed by atoms with Gasteiger partial charge in [0.15, 0.2) is 0 Å². The second kappa shape index (κ2) is 6.47. The molecule has 2 aromatic rings. The number of amides is 1.